The van der Waals surface area contributed by atoms with E-state index in [1.54, 1.807) is 30.3 Å². The maximum atomic E-state index is 13.1. The Morgan fingerprint density at radius 3 is 1.51 bits per heavy atom. The first-order valence-corrected chi connectivity index (χ1v) is 14.3. The van der Waals surface area contributed by atoms with E-state index in [1.165, 1.54) is 6.92 Å². The van der Waals surface area contributed by atoms with Gasteiger partial charge in [-0.2, -0.15) is 0 Å². The second-order valence-electron chi connectivity index (χ2n) is 10.4. The summed E-state index contributed by atoms with van der Waals surface area (Å²) in [6.07, 6.45) is -2.87. The molecule has 0 radical (unpaired) electrons. The first-order valence-electron chi connectivity index (χ1n) is 14.3. The Hall–Kier alpha value is -6.12. The van der Waals surface area contributed by atoms with Crippen molar-refractivity contribution in [3.05, 3.63) is 35.9 Å². The molecule has 1 rings (SSSR count). The molecule has 1 aromatic rings. The van der Waals surface area contributed by atoms with Gasteiger partial charge in [0.25, 0.3) is 0 Å². The highest BCUT2D eigenvalue weighted by Crippen LogP contribution is 2.06. The molecule has 0 bridgehead atoms. The zero-order valence-corrected chi connectivity index (χ0v) is 26.0. The van der Waals surface area contributed by atoms with E-state index >= 15 is 0 Å². The van der Waals surface area contributed by atoms with Crippen LogP contribution in [0.3, 0.4) is 0 Å². The number of hydrogen-bond acceptors (Lipinski definition) is 11. The van der Waals surface area contributed by atoms with Crippen molar-refractivity contribution < 1.29 is 68.4 Å². The van der Waals surface area contributed by atoms with E-state index in [2.05, 4.69) is 16.0 Å². The van der Waals surface area contributed by atoms with Gasteiger partial charge in [-0.25, -0.2) is 0 Å². The van der Waals surface area contributed by atoms with Crippen molar-refractivity contribution in [3.8, 4) is 0 Å². The number of amides is 6. The van der Waals surface area contributed by atoms with E-state index in [4.69, 9.17) is 21.1 Å². The van der Waals surface area contributed by atoms with Crippen LogP contribution >= 0.6 is 0 Å². The summed E-state index contributed by atoms with van der Waals surface area (Å²) < 4.78 is 0. The molecule has 0 heterocycles. The summed E-state index contributed by atoms with van der Waals surface area (Å²) in [6, 6.07) is 0.322. The third-order valence-electron chi connectivity index (χ3n) is 6.28. The summed E-state index contributed by atoms with van der Waals surface area (Å²) in [6.45, 7) is -0.589. The van der Waals surface area contributed by atoms with Gasteiger partial charge in [0, 0.05) is 6.42 Å². The third kappa shape index (κ3) is 16.3. The molecule has 21 nitrogen and oxygen atoms in total. The highest BCUT2D eigenvalue weighted by molar-refractivity contribution is 5.97. The number of rotatable bonds is 21. The van der Waals surface area contributed by atoms with Crippen LogP contribution in [-0.4, -0.2) is 123 Å². The fraction of sp³-hybridized carbons (Fsp3) is 0.429. The van der Waals surface area contributed by atoms with Gasteiger partial charge in [0.1, 0.15) is 24.2 Å². The summed E-state index contributed by atoms with van der Waals surface area (Å²) in [5, 5.41) is 48.9. The molecule has 0 aliphatic carbocycles. The number of carboxylic acids is 4. The summed E-state index contributed by atoms with van der Waals surface area (Å²) in [5.41, 5.74) is 5.90. The standard InChI is InChI=1S/C28H37N7O14/c1-13(28(48)49)32-26(46)16(7-14-5-3-2-4-6-14)35-27(47)18(10-23(42)43)34-20(37)12-31-25(45)17(9-22(40)41)33-19(36)11-30-24(44)15(29)8-21(38)39/h2-6,13,15-18H,7-12,29H2,1H3,(H,30,44)(H,31,45)(H,32,46)(H,33,36)(H,34,37)(H,35,47)(H,38,39)(H,40,41)(H,42,43)(H,48,49)/t13-,15-,16-,17-,18-/m0/s1. The van der Waals surface area contributed by atoms with Crippen molar-refractivity contribution in [2.45, 2.75) is 62.8 Å². The highest BCUT2D eigenvalue weighted by Gasteiger charge is 2.31. The van der Waals surface area contributed by atoms with Crippen molar-refractivity contribution in [1.82, 2.24) is 31.9 Å². The Labute approximate surface area is 277 Å². The molecule has 21 heteroatoms. The van der Waals surface area contributed by atoms with Crippen LogP contribution in [0.2, 0.25) is 0 Å². The van der Waals surface area contributed by atoms with Crippen LogP contribution in [0, 0.1) is 0 Å². The highest BCUT2D eigenvalue weighted by atomic mass is 16.4. The smallest absolute Gasteiger partial charge is 0.325 e. The van der Waals surface area contributed by atoms with Gasteiger partial charge in [0.05, 0.1) is 38.4 Å². The second-order valence-corrected chi connectivity index (χ2v) is 10.4. The van der Waals surface area contributed by atoms with Gasteiger partial charge in [-0.3, -0.25) is 47.9 Å². The summed E-state index contributed by atoms with van der Waals surface area (Å²) in [4.78, 5) is 120. The molecule has 268 valence electrons. The van der Waals surface area contributed by atoms with E-state index in [0.29, 0.717) is 5.56 Å². The van der Waals surface area contributed by atoms with E-state index in [1.807, 2.05) is 16.0 Å². The van der Waals surface area contributed by atoms with Crippen molar-refractivity contribution >= 4 is 59.3 Å². The molecule has 0 aliphatic heterocycles. The predicted molar refractivity (Wildman–Crippen MR) is 162 cm³/mol. The minimum absolute atomic E-state index is 0.149. The summed E-state index contributed by atoms with van der Waals surface area (Å²) in [7, 11) is 0. The number of carbonyl (C=O) groups excluding carboxylic acids is 6. The number of nitrogens with one attached hydrogen (secondary N) is 6. The van der Waals surface area contributed by atoms with Gasteiger partial charge in [0.2, 0.25) is 35.4 Å². The number of benzene rings is 1. The van der Waals surface area contributed by atoms with E-state index in [0.717, 1.165) is 0 Å². The van der Waals surface area contributed by atoms with Gasteiger partial charge in [-0.1, -0.05) is 30.3 Å². The summed E-state index contributed by atoms with van der Waals surface area (Å²) >= 11 is 0. The number of hydrogen-bond donors (Lipinski definition) is 11. The molecular weight excluding hydrogens is 658 g/mol. The third-order valence-corrected chi connectivity index (χ3v) is 6.28. The Balaban J connectivity index is 2.93. The molecule has 5 atom stereocenters. The molecule has 0 saturated heterocycles. The van der Waals surface area contributed by atoms with Crippen LogP contribution in [0.15, 0.2) is 30.3 Å². The lowest BCUT2D eigenvalue weighted by Gasteiger charge is -2.23. The van der Waals surface area contributed by atoms with Gasteiger partial charge in [0.15, 0.2) is 0 Å². The molecular formula is C28H37N7O14. The first kappa shape index (κ1) is 40.9. The lowest BCUT2D eigenvalue weighted by atomic mass is 10.0. The molecule has 12 N–H and O–H groups in total. The predicted octanol–water partition coefficient (Wildman–Crippen LogP) is -4.74. The van der Waals surface area contributed by atoms with Crippen LogP contribution in [-0.2, 0) is 54.4 Å². The van der Waals surface area contributed by atoms with E-state index in [9.17, 15) is 53.1 Å². The largest absolute Gasteiger partial charge is 0.481 e. The van der Waals surface area contributed by atoms with E-state index < -0.39 is 122 Å². The lowest BCUT2D eigenvalue weighted by molar-refractivity contribution is -0.143. The quantitative estimate of drug-likeness (QED) is 0.0575. The monoisotopic (exact) mass is 695 g/mol. The minimum Gasteiger partial charge on any atom is -0.481 e. The molecule has 0 fully saturated rings. The summed E-state index contributed by atoms with van der Waals surface area (Å²) in [5.74, 6) is -12.4. The SMILES string of the molecule is C[C@H](NC(=O)[C@H](Cc1ccccc1)NC(=O)[C@H](CC(=O)O)NC(=O)CNC(=O)[C@H](CC(=O)O)NC(=O)CNC(=O)[C@@H](N)CC(=O)O)C(=O)O. The Morgan fingerprint density at radius 1 is 0.592 bits per heavy atom. The van der Waals surface area contributed by atoms with Crippen molar-refractivity contribution in [2.75, 3.05) is 13.1 Å². The van der Waals surface area contributed by atoms with Crippen molar-refractivity contribution in [1.29, 1.82) is 0 Å². The Bertz CT molecular complexity index is 1420. The average Bonchev–Trinajstić information content (AvgIpc) is 3.00. The Morgan fingerprint density at radius 2 is 1.04 bits per heavy atom. The number of aliphatic carboxylic acids is 4. The fourth-order valence-electron chi connectivity index (χ4n) is 3.84. The molecule has 0 spiro atoms. The van der Waals surface area contributed by atoms with Gasteiger partial charge in [-0.15, -0.1) is 0 Å². The number of carboxylic acid groups (broad SMARTS) is 4. The van der Waals surface area contributed by atoms with Gasteiger partial charge >= 0.3 is 23.9 Å². The van der Waals surface area contributed by atoms with Gasteiger partial charge < -0.3 is 58.1 Å². The normalized spacial score (nSPS) is 13.5. The molecule has 0 aliphatic rings. The van der Waals surface area contributed by atoms with Crippen LogP contribution < -0.4 is 37.6 Å². The molecule has 0 saturated carbocycles. The average molecular weight is 696 g/mol. The second kappa shape index (κ2) is 20.2. The van der Waals surface area contributed by atoms with Crippen LogP contribution in [0.4, 0.5) is 0 Å². The zero-order valence-electron chi connectivity index (χ0n) is 26.0. The van der Waals surface area contributed by atoms with E-state index in [-0.39, 0.29) is 6.42 Å². The lowest BCUT2D eigenvalue weighted by Crippen LogP contribution is -2.57. The molecule has 6 amide bonds. The molecule has 0 aromatic heterocycles. The topological polar surface area (TPSA) is 350 Å². The fourth-order valence-corrected chi connectivity index (χ4v) is 3.84. The first-order chi connectivity index (χ1) is 22.9. The number of nitrogens with two attached hydrogens (primary N) is 1. The Kier molecular flexibility index (Phi) is 16.9. The van der Waals surface area contributed by atoms with Crippen molar-refractivity contribution in [3.63, 3.8) is 0 Å². The molecule has 1 aromatic carbocycles. The maximum Gasteiger partial charge on any atom is 0.325 e. The zero-order chi connectivity index (χ0) is 37.3. The van der Waals surface area contributed by atoms with Crippen LogP contribution in [0.25, 0.3) is 0 Å². The molecule has 49 heavy (non-hydrogen) atoms. The number of carbonyl (C=O) groups is 10. The minimum atomic E-state index is -1.81. The maximum absolute atomic E-state index is 13.1. The van der Waals surface area contributed by atoms with Crippen molar-refractivity contribution in [2.24, 2.45) is 5.73 Å². The molecule has 0 unspecified atom stereocenters. The van der Waals surface area contributed by atoms with Gasteiger partial charge in [-0.05, 0) is 12.5 Å². The van der Waals surface area contributed by atoms with Crippen LogP contribution in [0.1, 0.15) is 31.7 Å². The van der Waals surface area contributed by atoms with Crippen LogP contribution in [0.5, 0.6) is 0 Å².